The van der Waals surface area contributed by atoms with E-state index in [2.05, 4.69) is 5.32 Å². The van der Waals surface area contributed by atoms with Crippen LogP contribution in [-0.4, -0.2) is 30.3 Å². The Hall–Kier alpha value is -4.26. The third kappa shape index (κ3) is 4.25. The first kappa shape index (κ1) is 22.0. The number of ether oxygens (including phenoxy) is 1. The molecule has 0 unspecified atom stereocenters. The number of hydrogen-bond acceptors (Lipinski definition) is 5. The molecule has 7 heteroatoms. The third-order valence-corrected chi connectivity index (χ3v) is 5.48. The number of carbonyl (C=O) groups excluding carboxylic acids is 4. The molecule has 0 aromatic heterocycles. The fourth-order valence-corrected chi connectivity index (χ4v) is 3.66. The lowest BCUT2D eigenvalue weighted by Crippen LogP contribution is -2.30. The summed E-state index contributed by atoms with van der Waals surface area (Å²) >= 11 is 0. The van der Waals surface area contributed by atoms with Crippen molar-refractivity contribution in [2.24, 2.45) is 0 Å². The maximum atomic E-state index is 13.0. The molecule has 0 saturated heterocycles. The van der Waals surface area contributed by atoms with E-state index in [0.717, 1.165) is 21.6 Å². The van der Waals surface area contributed by atoms with E-state index in [4.69, 9.17) is 4.74 Å². The second-order valence-electron chi connectivity index (χ2n) is 7.94. The molecule has 1 N–H and O–H groups in total. The number of fused-ring (bicyclic) bond motifs is 1. The molecular weight excluding hydrogens is 420 g/mol. The van der Waals surface area contributed by atoms with Crippen molar-refractivity contribution < 1.29 is 23.9 Å². The monoisotopic (exact) mass is 442 g/mol. The van der Waals surface area contributed by atoms with Gasteiger partial charge in [0.15, 0.2) is 6.61 Å². The lowest BCUT2D eigenvalue weighted by Gasteiger charge is -2.17. The zero-order valence-corrected chi connectivity index (χ0v) is 18.5. The Morgan fingerprint density at radius 1 is 0.848 bits per heavy atom. The number of para-hydroxylation sites is 1. The fourth-order valence-electron chi connectivity index (χ4n) is 3.66. The van der Waals surface area contributed by atoms with E-state index >= 15 is 0 Å². The van der Waals surface area contributed by atoms with Gasteiger partial charge in [-0.3, -0.25) is 14.4 Å². The van der Waals surface area contributed by atoms with Gasteiger partial charge < -0.3 is 10.1 Å². The number of amides is 3. The number of rotatable bonds is 5. The second-order valence-corrected chi connectivity index (χ2v) is 7.94. The highest BCUT2D eigenvalue weighted by atomic mass is 16.5. The minimum atomic E-state index is -0.761. The lowest BCUT2D eigenvalue weighted by molar-refractivity contribution is -0.119. The highest BCUT2D eigenvalue weighted by molar-refractivity contribution is 6.35. The summed E-state index contributed by atoms with van der Waals surface area (Å²) < 4.78 is 5.11. The number of carbonyl (C=O) groups is 4. The van der Waals surface area contributed by atoms with Crippen molar-refractivity contribution in [2.45, 2.75) is 20.8 Å². The summed E-state index contributed by atoms with van der Waals surface area (Å²) in [6.45, 7) is 5.07. The minimum Gasteiger partial charge on any atom is -0.452 e. The zero-order valence-electron chi connectivity index (χ0n) is 18.5. The van der Waals surface area contributed by atoms with Gasteiger partial charge in [-0.1, -0.05) is 30.3 Å². The molecule has 0 atom stereocenters. The van der Waals surface area contributed by atoms with Crippen molar-refractivity contribution in [3.05, 3.63) is 94.0 Å². The SMILES string of the molecule is Cc1ccc(C)c(N2C(=O)c3ccc(C(=O)OCC(=O)Nc4ccccc4C)cc3C2=O)c1. The Labute approximate surface area is 191 Å². The summed E-state index contributed by atoms with van der Waals surface area (Å²) in [5, 5.41) is 2.68. The minimum absolute atomic E-state index is 0.0846. The highest BCUT2D eigenvalue weighted by Gasteiger charge is 2.38. The molecule has 4 rings (SSSR count). The van der Waals surface area contributed by atoms with E-state index in [1.165, 1.54) is 18.2 Å². The van der Waals surface area contributed by atoms with Crippen molar-refractivity contribution >= 4 is 35.1 Å². The fraction of sp³-hybridized carbons (Fsp3) is 0.154. The molecule has 3 aromatic carbocycles. The van der Waals surface area contributed by atoms with Crippen molar-refractivity contribution in [3.8, 4) is 0 Å². The summed E-state index contributed by atoms with van der Waals surface area (Å²) in [7, 11) is 0. The molecule has 33 heavy (non-hydrogen) atoms. The second kappa shape index (κ2) is 8.70. The molecule has 0 aliphatic carbocycles. The van der Waals surface area contributed by atoms with Crippen molar-refractivity contribution in [1.82, 2.24) is 0 Å². The molecule has 166 valence electrons. The topological polar surface area (TPSA) is 92.8 Å². The molecule has 0 fully saturated rings. The van der Waals surface area contributed by atoms with Gasteiger partial charge in [-0.15, -0.1) is 0 Å². The van der Waals surface area contributed by atoms with E-state index in [0.29, 0.717) is 11.4 Å². The quantitative estimate of drug-likeness (QED) is 0.472. The van der Waals surface area contributed by atoms with Crippen LogP contribution in [0.3, 0.4) is 0 Å². The number of benzene rings is 3. The molecular formula is C26H22N2O5. The van der Waals surface area contributed by atoms with Gasteiger partial charge in [0.05, 0.1) is 22.4 Å². The summed E-state index contributed by atoms with van der Waals surface area (Å²) in [5.74, 6) is -2.19. The predicted octanol–water partition coefficient (Wildman–Crippen LogP) is 4.21. The van der Waals surface area contributed by atoms with E-state index in [9.17, 15) is 19.2 Å². The van der Waals surface area contributed by atoms with Crippen molar-refractivity contribution in [2.75, 3.05) is 16.8 Å². The van der Waals surface area contributed by atoms with Gasteiger partial charge in [0.25, 0.3) is 17.7 Å². The molecule has 0 spiro atoms. The van der Waals surface area contributed by atoms with E-state index < -0.39 is 30.3 Å². The molecule has 7 nitrogen and oxygen atoms in total. The number of nitrogens with zero attached hydrogens (tertiary/aromatic N) is 1. The van der Waals surface area contributed by atoms with Gasteiger partial charge in [-0.2, -0.15) is 0 Å². The molecule has 1 heterocycles. The van der Waals surface area contributed by atoms with Crippen molar-refractivity contribution in [1.29, 1.82) is 0 Å². The van der Waals surface area contributed by atoms with Gasteiger partial charge in [0.1, 0.15) is 0 Å². The summed E-state index contributed by atoms with van der Waals surface area (Å²) in [6, 6.07) is 17.0. The molecule has 3 amide bonds. The Bertz CT molecular complexity index is 1310. The lowest BCUT2D eigenvalue weighted by atomic mass is 10.1. The average molecular weight is 442 g/mol. The molecule has 0 bridgehead atoms. The van der Waals surface area contributed by atoms with Gasteiger partial charge in [-0.05, 0) is 67.8 Å². The van der Waals surface area contributed by atoms with Crippen molar-refractivity contribution in [3.63, 3.8) is 0 Å². The Kier molecular flexibility index (Phi) is 5.79. The van der Waals surface area contributed by atoms with Crippen LogP contribution >= 0.6 is 0 Å². The van der Waals surface area contributed by atoms with Crippen LogP contribution in [0, 0.1) is 20.8 Å². The number of hydrogen-bond donors (Lipinski definition) is 1. The van der Waals surface area contributed by atoms with Gasteiger partial charge in [0.2, 0.25) is 0 Å². The van der Waals surface area contributed by atoms with Gasteiger partial charge >= 0.3 is 5.97 Å². The first-order chi connectivity index (χ1) is 15.8. The smallest absolute Gasteiger partial charge is 0.338 e. The summed E-state index contributed by atoms with van der Waals surface area (Å²) in [6.07, 6.45) is 0. The molecule has 0 radical (unpaired) electrons. The zero-order chi connectivity index (χ0) is 23.7. The van der Waals surface area contributed by atoms with Gasteiger partial charge in [-0.25, -0.2) is 9.69 Å². The largest absolute Gasteiger partial charge is 0.452 e. The number of esters is 1. The first-order valence-corrected chi connectivity index (χ1v) is 10.4. The van der Waals surface area contributed by atoms with E-state index in [1.54, 1.807) is 18.2 Å². The molecule has 1 aliphatic rings. The van der Waals surface area contributed by atoms with Gasteiger partial charge in [0, 0.05) is 5.69 Å². The predicted molar refractivity (Wildman–Crippen MR) is 124 cm³/mol. The maximum absolute atomic E-state index is 13.0. The number of nitrogens with one attached hydrogen (secondary N) is 1. The summed E-state index contributed by atoms with van der Waals surface area (Å²) in [4.78, 5) is 51.7. The van der Waals surface area contributed by atoms with Crippen LogP contribution in [0.15, 0.2) is 60.7 Å². The van der Waals surface area contributed by atoms with Crippen LogP contribution in [0.1, 0.15) is 47.8 Å². The Morgan fingerprint density at radius 3 is 2.33 bits per heavy atom. The van der Waals surface area contributed by atoms with E-state index in [1.807, 2.05) is 45.0 Å². The maximum Gasteiger partial charge on any atom is 0.338 e. The molecule has 3 aromatic rings. The number of aryl methyl sites for hydroxylation is 3. The molecule has 1 aliphatic heterocycles. The number of anilines is 2. The normalized spacial score (nSPS) is 12.5. The number of imide groups is 1. The first-order valence-electron chi connectivity index (χ1n) is 10.4. The van der Waals surface area contributed by atoms with Crippen LogP contribution in [0.4, 0.5) is 11.4 Å². The summed E-state index contributed by atoms with van der Waals surface area (Å²) in [5.41, 5.74) is 4.16. The third-order valence-electron chi connectivity index (χ3n) is 5.48. The van der Waals surface area contributed by atoms with Crippen LogP contribution < -0.4 is 10.2 Å². The van der Waals surface area contributed by atoms with Crippen LogP contribution in [0.2, 0.25) is 0 Å². The Balaban J connectivity index is 1.48. The average Bonchev–Trinajstić information content (AvgIpc) is 3.05. The highest BCUT2D eigenvalue weighted by Crippen LogP contribution is 2.31. The van der Waals surface area contributed by atoms with Crippen LogP contribution in [0.25, 0.3) is 0 Å². The molecule has 0 saturated carbocycles. The van der Waals surface area contributed by atoms with Crippen LogP contribution in [-0.2, 0) is 9.53 Å². The van der Waals surface area contributed by atoms with E-state index in [-0.39, 0.29) is 16.7 Å². The standard InChI is InChI=1S/C26H22N2O5/c1-15-8-9-17(3)22(12-15)28-24(30)19-11-10-18(13-20(19)25(28)31)26(32)33-14-23(29)27-21-7-5-4-6-16(21)2/h4-13H,14H2,1-3H3,(H,27,29). The van der Waals surface area contributed by atoms with Crippen LogP contribution in [0.5, 0.6) is 0 Å². The Morgan fingerprint density at radius 2 is 1.58 bits per heavy atom.